The van der Waals surface area contributed by atoms with Gasteiger partial charge < -0.3 is 9.52 Å². The number of aromatic hydroxyl groups is 1. The Morgan fingerprint density at radius 3 is 3.00 bits per heavy atom. The van der Waals surface area contributed by atoms with E-state index in [2.05, 4.69) is 0 Å². The van der Waals surface area contributed by atoms with Crippen LogP contribution in [0.1, 0.15) is 5.56 Å². The smallest absolute Gasteiger partial charge is 0.137 e. The summed E-state index contributed by atoms with van der Waals surface area (Å²) < 4.78 is 17.3. The number of halogens is 1. The minimum atomic E-state index is -0.620. The van der Waals surface area contributed by atoms with Crippen molar-refractivity contribution in [3.8, 4) is 5.75 Å². The van der Waals surface area contributed by atoms with Gasteiger partial charge in [0.1, 0.15) is 18.0 Å². The van der Waals surface area contributed by atoms with Crippen LogP contribution in [-0.4, -0.2) is 5.11 Å². The largest absolute Gasteiger partial charge is 0.507 e. The Morgan fingerprint density at radius 1 is 1.42 bits per heavy atom. The Hall–Kier alpha value is -1.51. The average molecular weight is 166 g/mol. The van der Waals surface area contributed by atoms with Gasteiger partial charge in [-0.05, 0) is 12.1 Å². The fraction of sp³-hybridized carbons (Fsp3) is 0.111. The van der Waals surface area contributed by atoms with Crippen LogP contribution in [0.15, 0.2) is 28.9 Å². The molecule has 0 bridgehead atoms. The average Bonchev–Trinajstić information content (AvgIpc) is 2.49. The fourth-order valence-corrected chi connectivity index (χ4v) is 1.23. The molecular formula is C9H7FO2. The number of benzene rings is 1. The van der Waals surface area contributed by atoms with Crippen LogP contribution in [0.5, 0.6) is 5.75 Å². The second-order valence-electron chi connectivity index (χ2n) is 2.54. The molecule has 12 heavy (non-hydrogen) atoms. The van der Waals surface area contributed by atoms with Gasteiger partial charge >= 0.3 is 0 Å². The first kappa shape index (κ1) is 7.16. The van der Waals surface area contributed by atoms with Gasteiger partial charge in [0.25, 0.3) is 0 Å². The quantitative estimate of drug-likeness (QED) is 0.706. The Kier molecular flexibility index (Phi) is 1.50. The lowest BCUT2D eigenvalue weighted by molar-refractivity contribution is 0.471. The molecule has 0 aliphatic rings. The van der Waals surface area contributed by atoms with E-state index in [0.29, 0.717) is 16.5 Å². The highest BCUT2D eigenvalue weighted by atomic mass is 19.1. The lowest BCUT2D eigenvalue weighted by Crippen LogP contribution is -1.74. The lowest BCUT2D eigenvalue weighted by atomic mass is 10.2. The molecule has 3 heteroatoms. The molecule has 1 aromatic heterocycles. The van der Waals surface area contributed by atoms with Crippen molar-refractivity contribution in [3.05, 3.63) is 30.0 Å². The number of alkyl halides is 1. The minimum Gasteiger partial charge on any atom is -0.507 e. The van der Waals surface area contributed by atoms with E-state index in [0.717, 1.165) is 0 Å². The van der Waals surface area contributed by atoms with Crippen molar-refractivity contribution in [2.24, 2.45) is 0 Å². The number of hydrogen-bond donors (Lipinski definition) is 1. The van der Waals surface area contributed by atoms with Crippen molar-refractivity contribution in [2.45, 2.75) is 6.67 Å². The van der Waals surface area contributed by atoms with Crippen molar-refractivity contribution in [2.75, 3.05) is 0 Å². The zero-order chi connectivity index (χ0) is 8.55. The molecule has 0 aliphatic heterocycles. The first-order valence-corrected chi connectivity index (χ1v) is 3.57. The molecule has 0 spiro atoms. The van der Waals surface area contributed by atoms with Gasteiger partial charge in [-0.2, -0.15) is 0 Å². The Morgan fingerprint density at radius 2 is 2.25 bits per heavy atom. The summed E-state index contributed by atoms with van der Waals surface area (Å²) in [4.78, 5) is 0. The molecule has 0 amide bonds. The third-order valence-corrected chi connectivity index (χ3v) is 1.80. The third kappa shape index (κ3) is 0.863. The molecule has 0 atom stereocenters. The highest BCUT2D eigenvalue weighted by Crippen LogP contribution is 2.29. The van der Waals surface area contributed by atoms with Crippen molar-refractivity contribution >= 4 is 11.0 Å². The maximum atomic E-state index is 12.3. The van der Waals surface area contributed by atoms with E-state index in [1.807, 2.05) is 0 Å². The summed E-state index contributed by atoms with van der Waals surface area (Å²) in [5.41, 5.74) is 0.908. The summed E-state index contributed by atoms with van der Waals surface area (Å²) in [7, 11) is 0. The van der Waals surface area contributed by atoms with Crippen molar-refractivity contribution in [1.82, 2.24) is 0 Å². The van der Waals surface area contributed by atoms with Gasteiger partial charge in [-0.25, -0.2) is 4.39 Å². The van der Waals surface area contributed by atoms with Gasteiger partial charge in [0.2, 0.25) is 0 Å². The number of fused-ring (bicyclic) bond motifs is 1. The standard InChI is InChI=1S/C9H7FO2/c10-4-6-5-12-8-3-1-2-7(11)9(6)8/h1-3,5,11H,4H2. The van der Waals surface area contributed by atoms with Crippen LogP contribution in [0.2, 0.25) is 0 Å². The predicted molar refractivity (Wildman–Crippen MR) is 42.7 cm³/mol. The predicted octanol–water partition coefficient (Wildman–Crippen LogP) is 2.61. The van der Waals surface area contributed by atoms with Crippen molar-refractivity contribution in [3.63, 3.8) is 0 Å². The van der Waals surface area contributed by atoms with Gasteiger partial charge in [0.15, 0.2) is 0 Å². The normalized spacial score (nSPS) is 10.8. The summed E-state index contributed by atoms with van der Waals surface area (Å²) in [5, 5.41) is 9.82. The van der Waals surface area contributed by atoms with E-state index in [4.69, 9.17) is 4.42 Å². The molecule has 1 N–H and O–H groups in total. The summed E-state index contributed by atoms with van der Waals surface area (Å²) in [5.74, 6) is 0.0638. The molecule has 0 aliphatic carbocycles. The van der Waals surface area contributed by atoms with E-state index < -0.39 is 6.67 Å². The molecule has 2 aromatic rings. The fourth-order valence-electron chi connectivity index (χ4n) is 1.23. The third-order valence-electron chi connectivity index (χ3n) is 1.80. The highest BCUT2D eigenvalue weighted by Gasteiger charge is 2.08. The van der Waals surface area contributed by atoms with Crippen LogP contribution < -0.4 is 0 Å². The monoisotopic (exact) mass is 166 g/mol. The minimum absolute atomic E-state index is 0.0638. The topological polar surface area (TPSA) is 33.4 Å². The summed E-state index contributed by atoms with van der Waals surface area (Å²) in [6.45, 7) is -0.620. The Bertz CT molecular complexity index is 406. The summed E-state index contributed by atoms with van der Waals surface area (Å²) in [6.07, 6.45) is 1.32. The van der Waals surface area contributed by atoms with Crippen molar-refractivity contribution < 1.29 is 13.9 Å². The van der Waals surface area contributed by atoms with Gasteiger partial charge in [-0.1, -0.05) is 6.07 Å². The second kappa shape index (κ2) is 2.52. The van der Waals surface area contributed by atoms with Crippen molar-refractivity contribution in [1.29, 1.82) is 0 Å². The molecule has 62 valence electrons. The van der Waals surface area contributed by atoms with Crippen LogP contribution in [0.4, 0.5) is 4.39 Å². The van der Waals surface area contributed by atoms with Crippen LogP contribution in [0, 0.1) is 0 Å². The number of phenols is 1. The molecule has 0 fully saturated rings. The molecule has 0 radical (unpaired) electrons. The van der Waals surface area contributed by atoms with Gasteiger partial charge in [-0.3, -0.25) is 0 Å². The van der Waals surface area contributed by atoms with E-state index >= 15 is 0 Å². The lowest BCUT2D eigenvalue weighted by Gasteiger charge is -1.93. The maximum absolute atomic E-state index is 12.3. The van der Waals surface area contributed by atoms with E-state index in [-0.39, 0.29) is 5.75 Å². The van der Waals surface area contributed by atoms with Crippen LogP contribution in [0.3, 0.4) is 0 Å². The number of rotatable bonds is 1. The molecule has 2 nitrogen and oxygen atoms in total. The first-order chi connectivity index (χ1) is 5.83. The molecule has 1 aromatic carbocycles. The van der Waals surface area contributed by atoms with E-state index in [1.165, 1.54) is 12.3 Å². The molecule has 0 saturated carbocycles. The van der Waals surface area contributed by atoms with Crippen LogP contribution >= 0.6 is 0 Å². The Labute approximate surface area is 68.2 Å². The number of furan rings is 1. The molecule has 1 heterocycles. The number of hydrogen-bond acceptors (Lipinski definition) is 2. The van der Waals surface area contributed by atoms with E-state index in [9.17, 15) is 9.50 Å². The zero-order valence-electron chi connectivity index (χ0n) is 6.25. The van der Waals surface area contributed by atoms with Gasteiger partial charge in [0.05, 0.1) is 11.6 Å². The van der Waals surface area contributed by atoms with Gasteiger partial charge in [0, 0.05) is 5.56 Å². The number of phenolic OH excluding ortho intramolecular Hbond substituents is 1. The van der Waals surface area contributed by atoms with Crippen LogP contribution in [0.25, 0.3) is 11.0 Å². The van der Waals surface area contributed by atoms with Crippen LogP contribution in [-0.2, 0) is 6.67 Å². The maximum Gasteiger partial charge on any atom is 0.137 e. The zero-order valence-corrected chi connectivity index (χ0v) is 6.25. The molecular weight excluding hydrogens is 159 g/mol. The molecule has 2 rings (SSSR count). The second-order valence-corrected chi connectivity index (χ2v) is 2.54. The molecule has 0 saturated heterocycles. The van der Waals surface area contributed by atoms with Gasteiger partial charge in [-0.15, -0.1) is 0 Å². The highest BCUT2D eigenvalue weighted by molar-refractivity contribution is 5.86. The first-order valence-electron chi connectivity index (χ1n) is 3.57. The summed E-state index contributed by atoms with van der Waals surface area (Å²) >= 11 is 0. The Balaban J connectivity index is 2.83. The van der Waals surface area contributed by atoms with E-state index in [1.54, 1.807) is 12.1 Å². The SMILES string of the molecule is Oc1cccc2occ(CF)c12. The summed E-state index contributed by atoms with van der Waals surface area (Å²) in [6, 6.07) is 4.86. The molecule has 0 unspecified atom stereocenters.